The molecule has 3 heteroatoms. The van der Waals surface area contributed by atoms with Crippen LogP contribution in [-0.4, -0.2) is 29.0 Å². The Morgan fingerprint density at radius 1 is 1.53 bits per heavy atom. The molecule has 2 nitrogen and oxygen atoms in total. The molecule has 0 saturated carbocycles. The third kappa shape index (κ3) is 10.4. The van der Waals surface area contributed by atoms with Gasteiger partial charge in [0.05, 0.1) is 6.10 Å². The van der Waals surface area contributed by atoms with E-state index in [0.29, 0.717) is 0 Å². The summed E-state index contributed by atoms with van der Waals surface area (Å²) in [6.45, 7) is 5.91. The van der Waals surface area contributed by atoms with E-state index in [9.17, 15) is 9.90 Å². The van der Waals surface area contributed by atoms with Crippen molar-refractivity contribution in [3.63, 3.8) is 0 Å². The van der Waals surface area contributed by atoms with Gasteiger partial charge in [-0.3, -0.25) is 4.79 Å². The number of aliphatic hydroxyl groups excluding tert-OH is 1. The number of aliphatic hydroxyl groups is 1. The van der Waals surface area contributed by atoms with E-state index in [2.05, 4.69) is 13.8 Å². The third-order valence-corrected chi connectivity index (χ3v) is 3.70. The molecular formula is C14H25O2S-. The van der Waals surface area contributed by atoms with Gasteiger partial charge in [0, 0.05) is 6.42 Å². The maximum Gasteiger partial charge on any atom is 0.132 e. The van der Waals surface area contributed by atoms with E-state index in [-0.39, 0.29) is 27.9 Å². The summed E-state index contributed by atoms with van der Waals surface area (Å²) >= 11 is 0. The summed E-state index contributed by atoms with van der Waals surface area (Å²) in [5, 5.41) is 9.47. The van der Waals surface area contributed by atoms with Crippen molar-refractivity contribution in [2.24, 2.45) is 5.41 Å². The molecule has 0 aromatic heterocycles. The lowest BCUT2D eigenvalue weighted by atomic mass is 9.90. The molecule has 0 aliphatic heterocycles. The van der Waals surface area contributed by atoms with Crippen molar-refractivity contribution >= 4 is 16.1 Å². The predicted octanol–water partition coefficient (Wildman–Crippen LogP) is 2.53. The summed E-state index contributed by atoms with van der Waals surface area (Å²) in [6, 6.07) is 0. The fourth-order valence-corrected chi connectivity index (χ4v) is 3.16. The Kier molecular flexibility index (Phi) is 7.53. The molecule has 0 rings (SSSR count). The van der Waals surface area contributed by atoms with Crippen LogP contribution < -0.4 is 0 Å². The number of hydrogen-bond acceptors (Lipinski definition) is 3. The normalized spacial score (nSPS) is 14.4. The van der Waals surface area contributed by atoms with Crippen molar-refractivity contribution in [2.45, 2.75) is 46.1 Å². The van der Waals surface area contributed by atoms with Crippen LogP contribution in [0.1, 0.15) is 40.0 Å². The van der Waals surface area contributed by atoms with Crippen molar-refractivity contribution in [3.8, 4) is 5.69 Å². The van der Waals surface area contributed by atoms with E-state index in [1.807, 2.05) is 12.3 Å². The average molecular weight is 257 g/mol. The molecule has 0 aromatic carbocycles. The molecule has 0 radical (unpaired) electrons. The highest BCUT2D eigenvalue weighted by molar-refractivity contribution is 7.85. The molecular weight excluding hydrogens is 232 g/mol. The van der Waals surface area contributed by atoms with Crippen molar-refractivity contribution in [2.75, 3.05) is 12.0 Å². The van der Waals surface area contributed by atoms with Gasteiger partial charge in [-0.15, -0.1) is 12.0 Å². The van der Waals surface area contributed by atoms with Crippen LogP contribution in [0.3, 0.4) is 0 Å². The zero-order valence-electron chi connectivity index (χ0n) is 11.4. The van der Waals surface area contributed by atoms with Crippen LogP contribution in [-0.2, 0) is 15.1 Å². The van der Waals surface area contributed by atoms with Gasteiger partial charge in [-0.2, -0.15) is 0 Å². The largest absolute Gasteiger partial charge is 0.460 e. The molecule has 0 bridgehead atoms. The second-order valence-electron chi connectivity index (χ2n) is 5.44. The lowest BCUT2D eigenvalue weighted by molar-refractivity contribution is -0.118. The summed E-state index contributed by atoms with van der Waals surface area (Å²) in [6.07, 6.45) is 7.26. The Labute approximate surface area is 108 Å². The summed E-state index contributed by atoms with van der Waals surface area (Å²) < 4.78 is 0. The molecule has 0 spiro atoms. The van der Waals surface area contributed by atoms with Crippen molar-refractivity contribution in [3.05, 3.63) is 12.2 Å². The van der Waals surface area contributed by atoms with Gasteiger partial charge in [-0.25, -0.2) is 0 Å². The minimum atomic E-state index is -0.633. The molecule has 1 atom stereocenters. The van der Waals surface area contributed by atoms with E-state index >= 15 is 0 Å². The van der Waals surface area contributed by atoms with Gasteiger partial charge in [0.1, 0.15) is 5.78 Å². The SMILES string of the molecule is C#[S-](C)CC(C)(C)CCC=CC(O)CC(C)=O. The highest BCUT2D eigenvalue weighted by Gasteiger charge is 2.11. The highest BCUT2D eigenvalue weighted by atomic mass is 32.2. The molecule has 0 aromatic rings. The molecule has 0 fully saturated rings. The number of carbonyl (C=O) groups is 1. The topological polar surface area (TPSA) is 37.3 Å². The van der Waals surface area contributed by atoms with Crippen LogP contribution >= 0.6 is 0 Å². The van der Waals surface area contributed by atoms with Crippen LogP contribution in [0, 0.1) is 11.1 Å². The number of Topliss-reactive ketones (excluding diaryl/α,β-unsaturated/α-hetero) is 1. The van der Waals surface area contributed by atoms with Gasteiger partial charge in [-0.1, -0.05) is 31.4 Å². The molecule has 1 N–H and O–H groups in total. The molecule has 0 amide bonds. The Morgan fingerprint density at radius 3 is 2.59 bits per heavy atom. The number of ketones is 1. The molecule has 1 unspecified atom stereocenters. The predicted molar refractivity (Wildman–Crippen MR) is 76.6 cm³/mol. The molecule has 0 heterocycles. The van der Waals surface area contributed by atoms with E-state index < -0.39 is 6.10 Å². The van der Waals surface area contributed by atoms with E-state index in [1.165, 1.54) is 6.92 Å². The van der Waals surface area contributed by atoms with Gasteiger partial charge in [0.25, 0.3) is 0 Å². The third-order valence-electron chi connectivity index (χ3n) is 2.46. The lowest BCUT2D eigenvalue weighted by Gasteiger charge is -2.29. The van der Waals surface area contributed by atoms with Crippen molar-refractivity contribution in [1.82, 2.24) is 0 Å². The molecule has 0 aliphatic carbocycles. The zero-order chi connectivity index (χ0) is 13.5. The van der Waals surface area contributed by atoms with Gasteiger partial charge < -0.3 is 21.1 Å². The van der Waals surface area contributed by atoms with Crippen LogP contribution in [0.15, 0.2) is 12.2 Å². The monoisotopic (exact) mass is 257 g/mol. The highest BCUT2D eigenvalue weighted by Crippen LogP contribution is 2.23. The van der Waals surface area contributed by atoms with E-state index in [0.717, 1.165) is 18.6 Å². The lowest BCUT2D eigenvalue weighted by Crippen LogP contribution is -2.18. The summed E-state index contributed by atoms with van der Waals surface area (Å²) in [7, 11) is -0.0251. The summed E-state index contributed by atoms with van der Waals surface area (Å²) in [5.41, 5.74) is 6.06. The van der Waals surface area contributed by atoms with Gasteiger partial charge in [-0.05, 0) is 19.8 Å². The standard InChI is InChI=1S/C14H25O2S/c1-12(15)10-13(16)8-6-7-9-14(2,3)11-17(4)5/h4,6,8,13,16H,7,9-11H2,1-3,5H3/q-1. The maximum absolute atomic E-state index is 10.8. The summed E-state index contributed by atoms with van der Waals surface area (Å²) in [5.74, 6) is 1.04. The second-order valence-corrected chi connectivity index (χ2v) is 7.11. The minimum Gasteiger partial charge on any atom is -0.460 e. The Bertz CT molecular complexity index is 334. The van der Waals surface area contributed by atoms with Crippen LogP contribution in [0.2, 0.25) is 0 Å². The smallest absolute Gasteiger partial charge is 0.132 e. The molecule has 100 valence electrons. The first-order valence-electron chi connectivity index (χ1n) is 5.94. The first kappa shape index (κ1) is 16.5. The van der Waals surface area contributed by atoms with E-state index in [4.69, 9.17) is 5.69 Å². The number of carbonyl (C=O) groups excluding carboxylic acids is 1. The Morgan fingerprint density at radius 2 is 2.12 bits per heavy atom. The van der Waals surface area contributed by atoms with Crippen molar-refractivity contribution < 1.29 is 9.90 Å². The molecule has 17 heavy (non-hydrogen) atoms. The van der Waals surface area contributed by atoms with Crippen LogP contribution in [0.25, 0.3) is 0 Å². The quantitative estimate of drug-likeness (QED) is 0.562. The maximum atomic E-state index is 10.8. The van der Waals surface area contributed by atoms with E-state index in [1.54, 1.807) is 6.08 Å². The van der Waals surface area contributed by atoms with Crippen LogP contribution in [0.4, 0.5) is 0 Å². The summed E-state index contributed by atoms with van der Waals surface area (Å²) in [4.78, 5) is 10.8. The number of hydrogen-bond donors (Lipinski definition) is 1. The fourth-order valence-electron chi connectivity index (χ4n) is 1.78. The minimum absolute atomic E-state index is 0.0145. The zero-order valence-corrected chi connectivity index (χ0v) is 12.2. The fraction of sp³-hybridized carbons (Fsp3) is 0.714. The second kappa shape index (κ2) is 7.75. The van der Waals surface area contributed by atoms with Gasteiger partial charge in [0.2, 0.25) is 0 Å². The Balaban J connectivity index is 3.94. The first-order valence-corrected chi connectivity index (χ1v) is 7.80. The first-order chi connectivity index (χ1) is 7.73. The molecule has 0 saturated heterocycles. The van der Waals surface area contributed by atoms with Crippen LogP contribution in [0.5, 0.6) is 0 Å². The Hall–Kier alpha value is -0.500. The number of allylic oxidation sites excluding steroid dienone is 1. The van der Waals surface area contributed by atoms with Crippen molar-refractivity contribution in [1.29, 1.82) is 0 Å². The number of rotatable bonds is 7. The molecule has 0 aliphatic rings. The van der Waals surface area contributed by atoms with Gasteiger partial charge in [0.15, 0.2) is 0 Å². The van der Waals surface area contributed by atoms with Gasteiger partial charge >= 0.3 is 0 Å². The average Bonchev–Trinajstić information content (AvgIpc) is 2.09.